The van der Waals surface area contributed by atoms with Crippen LogP contribution in [-0.2, 0) is 13.0 Å². The predicted octanol–water partition coefficient (Wildman–Crippen LogP) is 2.10. The van der Waals surface area contributed by atoms with Gasteiger partial charge in [0.05, 0.1) is 6.04 Å². The van der Waals surface area contributed by atoms with Crippen LogP contribution in [0.1, 0.15) is 49.6 Å². The standard InChI is InChI=1S/C15H24N6/c1-3-21-13(7-9-16-21)8-11-20-10-5-4-6-14(20)15-17-12(2)18-19-15/h7,9,14H,3-6,8,10-11H2,1-2H3,(H,17,18,19)/t14-/m1/s1. The second-order valence-electron chi connectivity index (χ2n) is 5.71. The zero-order chi connectivity index (χ0) is 14.7. The first-order valence-corrected chi connectivity index (χ1v) is 7.91. The molecule has 1 N–H and O–H groups in total. The first-order chi connectivity index (χ1) is 10.3. The largest absolute Gasteiger partial charge is 0.293 e. The fraction of sp³-hybridized carbons (Fsp3) is 0.667. The van der Waals surface area contributed by atoms with Gasteiger partial charge in [-0.2, -0.15) is 10.2 Å². The van der Waals surface area contributed by atoms with Crippen molar-refractivity contribution >= 4 is 0 Å². The minimum atomic E-state index is 0.363. The molecular formula is C15H24N6. The molecule has 1 saturated heterocycles. The number of nitrogens with one attached hydrogen (secondary N) is 1. The van der Waals surface area contributed by atoms with Gasteiger partial charge in [0.2, 0.25) is 0 Å². The van der Waals surface area contributed by atoms with E-state index in [4.69, 9.17) is 0 Å². The fourth-order valence-electron chi connectivity index (χ4n) is 3.18. The molecule has 0 bridgehead atoms. The second kappa shape index (κ2) is 6.39. The van der Waals surface area contributed by atoms with Crippen LogP contribution in [-0.4, -0.2) is 43.0 Å². The van der Waals surface area contributed by atoms with Crippen LogP contribution in [0.2, 0.25) is 0 Å². The molecule has 6 heteroatoms. The van der Waals surface area contributed by atoms with E-state index in [2.05, 4.69) is 42.9 Å². The summed E-state index contributed by atoms with van der Waals surface area (Å²) < 4.78 is 2.08. The van der Waals surface area contributed by atoms with Crippen molar-refractivity contribution in [3.63, 3.8) is 0 Å². The number of aromatic amines is 1. The maximum Gasteiger partial charge on any atom is 0.167 e. The number of aryl methyl sites for hydroxylation is 2. The Kier molecular flexibility index (Phi) is 4.34. The molecule has 0 spiro atoms. The van der Waals surface area contributed by atoms with Gasteiger partial charge in [-0.3, -0.25) is 14.7 Å². The van der Waals surface area contributed by atoms with E-state index in [1.165, 1.54) is 18.5 Å². The van der Waals surface area contributed by atoms with Crippen LogP contribution < -0.4 is 0 Å². The lowest BCUT2D eigenvalue weighted by atomic mass is 10.0. The quantitative estimate of drug-likeness (QED) is 0.915. The minimum Gasteiger partial charge on any atom is -0.293 e. The zero-order valence-corrected chi connectivity index (χ0v) is 12.9. The second-order valence-corrected chi connectivity index (χ2v) is 5.71. The van der Waals surface area contributed by atoms with Crippen molar-refractivity contribution in [2.75, 3.05) is 13.1 Å². The van der Waals surface area contributed by atoms with Crippen LogP contribution >= 0.6 is 0 Å². The van der Waals surface area contributed by atoms with Crippen LogP contribution in [0.15, 0.2) is 12.3 Å². The Hall–Kier alpha value is -1.69. The number of hydrogen-bond acceptors (Lipinski definition) is 4. The van der Waals surface area contributed by atoms with Crippen molar-refractivity contribution in [3.05, 3.63) is 29.6 Å². The molecule has 2 aromatic rings. The van der Waals surface area contributed by atoms with Crippen molar-refractivity contribution in [2.24, 2.45) is 0 Å². The van der Waals surface area contributed by atoms with Gasteiger partial charge in [-0.25, -0.2) is 4.98 Å². The highest BCUT2D eigenvalue weighted by Gasteiger charge is 2.26. The molecule has 0 aromatic carbocycles. The van der Waals surface area contributed by atoms with Crippen molar-refractivity contribution in [2.45, 2.75) is 52.1 Å². The van der Waals surface area contributed by atoms with Gasteiger partial charge in [-0.05, 0) is 39.3 Å². The van der Waals surface area contributed by atoms with E-state index in [1.807, 2.05) is 13.1 Å². The molecule has 0 radical (unpaired) electrons. The maximum absolute atomic E-state index is 4.54. The van der Waals surface area contributed by atoms with E-state index in [0.717, 1.165) is 44.1 Å². The predicted molar refractivity (Wildman–Crippen MR) is 80.9 cm³/mol. The molecule has 1 fully saturated rings. The Morgan fingerprint density at radius 3 is 3.05 bits per heavy atom. The lowest BCUT2D eigenvalue weighted by Crippen LogP contribution is -2.35. The van der Waals surface area contributed by atoms with Gasteiger partial charge in [0.15, 0.2) is 5.82 Å². The minimum absolute atomic E-state index is 0.363. The van der Waals surface area contributed by atoms with Crippen LogP contribution in [0.5, 0.6) is 0 Å². The lowest BCUT2D eigenvalue weighted by molar-refractivity contribution is 0.143. The van der Waals surface area contributed by atoms with Crippen LogP contribution in [0.4, 0.5) is 0 Å². The average Bonchev–Trinajstić information content (AvgIpc) is 3.13. The van der Waals surface area contributed by atoms with E-state index >= 15 is 0 Å². The number of rotatable bonds is 5. The summed E-state index contributed by atoms with van der Waals surface area (Å²) in [4.78, 5) is 7.06. The third-order valence-electron chi connectivity index (χ3n) is 4.29. The number of piperidine rings is 1. The summed E-state index contributed by atoms with van der Waals surface area (Å²) in [5.41, 5.74) is 1.31. The fourth-order valence-corrected chi connectivity index (χ4v) is 3.18. The van der Waals surface area contributed by atoms with Crippen LogP contribution in [0.25, 0.3) is 0 Å². The van der Waals surface area contributed by atoms with Crippen LogP contribution in [0.3, 0.4) is 0 Å². The third kappa shape index (κ3) is 3.15. The molecule has 3 rings (SSSR count). The smallest absolute Gasteiger partial charge is 0.167 e. The average molecular weight is 288 g/mol. The van der Waals surface area contributed by atoms with Gasteiger partial charge in [-0.15, -0.1) is 0 Å². The molecule has 6 nitrogen and oxygen atoms in total. The van der Waals surface area contributed by atoms with Crippen molar-refractivity contribution in [1.82, 2.24) is 29.9 Å². The Morgan fingerprint density at radius 2 is 2.29 bits per heavy atom. The summed E-state index contributed by atoms with van der Waals surface area (Å²) in [6, 6.07) is 2.49. The van der Waals surface area contributed by atoms with Crippen LogP contribution in [0, 0.1) is 6.92 Å². The summed E-state index contributed by atoms with van der Waals surface area (Å²) in [5, 5.41) is 11.7. The number of hydrogen-bond donors (Lipinski definition) is 1. The number of H-pyrrole nitrogens is 1. The lowest BCUT2D eigenvalue weighted by Gasteiger charge is -2.33. The molecular weight excluding hydrogens is 264 g/mol. The van der Waals surface area contributed by atoms with Crippen molar-refractivity contribution < 1.29 is 0 Å². The number of nitrogens with zero attached hydrogens (tertiary/aromatic N) is 5. The molecule has 1 aliphatic rings. The van der Waals surface area contributed by atoms with E-state index in [0.29, 0.717) is 6.04 Å². The summed E-state index contributed by atoms with van der Waals surface area (Å²) in [6.07, 6.45) is 6.62. The highest BCUT2D eigenvalue weighted by atomic mass is 15.3. The SMILES string of the molecule is CCn1nccc1CCN1CCCC[C@@H]1c1n[nH]c(C)n1. The summed E-state index contributed by atoms with van der Waals surface area (Å²) >= 11 is 0. The monoisotopic (exact) mass is 288 g/mol. The Labute approximate surface area is 125 Å². The first-order valence-electron chi connectivity index (χ1n) is 7.91. The molecule has 3 heterocycles. The highest BCUT2D eigenvalue weighted by molar-refractivity contribution is 5.03. The molecule has 0 aliphatic carbocycles. The molecule has 114 valence electrons. The summed E-state index contributed by atoms with van der Waals surface area (Å²) in [7, 11) is 0. The van der Waals surface area contributed by atoms with Gasteiger partial charge in [0.25, 0.3) is 0 Å². The zero-order valence-electron chi connectivity index (χ0n) is 12.9. The molecule has 21 heavy (non-hydrogen) atoms. The summed E-state index contributed by atoms with van der Waals surface area (Å²) in [6.45, 7) is 7.22. The first kappa shape index (κ1) is 14.3. The Bertz CT molecular complexity index is 572. The van der Waals surface area contributed by atoms with Gasteiger partial charge in [0, 0.05) is 31.4 Å². The van der Waals surface area contributed by atoms with E-state index < -0.39 is 0 Å². The van der Waals surface area contributed by atoms with E-state index in [-0.39, 0.29) is 0 Å². The van der Waals surface area contributed by atoms with Gasteiger partial charge in [0.1, 0.15) is 5.82 Å². The molecule has 1 atom stereocenters. The Balaban J connectivity index is 1.67. The topological polar surface area (TPSA) is 62.6 Å². The molecule has 0 saturated carbocycles. The Morgan fingerprint density at radius 1 is 1.38 bits per heavy atom. The molecule has 0 unspecified atom stereocenters. The normalized spacial score (nSPS) is 20.0. The molecule has 0 amide bonds. The van der Waals surface area contributed by atoms with E-state index in [9.17, 15) is 0 Å². The highest BCUT2D eigenvalue weighted by Crippen LogP contribution is 2.28. The molecule has 1 aliphatic heterocycles. The van der Waals surface area contributed by atoms with Crippen molar-refractivity contribution in [3.8, 4) is 0 Å². The van der Waals surface area contributed by atoms with Gasteiger partial charge < -0.3 is 0 Å². The molecule has 2 aromatic heterocycles. The van der Waals surface area contributed by atoms with Gasteiger partial charge in [-0.1, -0.05) is 6.42 Å². The van der Waals surface area contributed by atoms with Gasteiger partial charge >= 0.3 is 0 Å². The van der Waals surface area contributed by atoms with Crippen molar-refractivity contribution in [1.29, 1.82) is 0 Å². The maximum atomic E-state index is 4.54. The number of aromatic nitrogens is 5. The number of likely N-dealkylation sites (tertiary alicyclic amines) is 1. The third-order valence-corrected chi connectivity index (χ3v) is 4.29. The van der Waals surface area contributed by atoms with E-state index in [1.54, 1.807) is 0 Å². The summed E-state index contributed by atoms with van der Waals surface area (Å²) in [5.74, 6) is 1.86.